The second-order valence-electron chi connectivity index (χ2n) is 6.13. The number of nitrogens with one attached hydrogen (secondary N) is 1. The number of hydrogen-bond acceptors (Lipinski definition) is 3. The molecule has 0 aliphatic carbocycles. The summed E-state index contributed by atoms with van der Waals surface area (Å²) < 4.78 is 5.64. The lowest BCUT2D eigenvalue weighted by Gasteiger charge is -2.25. The van der Waals surface area contributed by atoms with E-state index in [0.717, 1.165) is 18.4 Å². The average Bonchev–Trinajstić information content (AvgIpc) is 3.15. The molecule has 2 amide bonds. The maximum atomic E-state index is 12.7. The predicted octanol–water partition coefficient (Wildman–Crippen LogP) is 2.83. The third kappa shape index (κ3) is 4.90. The molecular formula is C20H22N2O3. The number of hydrogen-bond donors (Lipinski definition) is 1. The summed E-state index contributed by atoms with van der Waals surface area (Å²) in [7, 11) is 0. The molecule has 5 heteroatoms. The number of rotatable bonds is 5. The van der Waals surface area contributed by atoms with E-state index < -0.39 is 11.8 Å². The van der Waals surface area contributed by atoms with Gasteiger partial charge in [-0.15, -0.1) is 0 Å². The molecule has 0 saturated carbocycles. The molecule has 1 fully saturated rings. The third-order valence-corrected chi connectivity index (χ3v) is 4.18. The normalized spacial score (nSPS) is 16.4. The van der Waals surface area contributed by atoms with E-state index >= 15 is 0 Å². The van der Waals surface area contributed by atoms with Crippen LogP contribution in [0.1, 0.15) is 18.4 Å². The van der Waals surface area contributed by atoms with Crippen molar-refractivity contribution in [2.45, 2.75) is 25.5 Å². The minimum atomic E-state index is -0.625. The first-order valence-electron chi connectivity index (χ1n) is 8.53. The molecule has 25 heavy (non-hydrogen) atoms. The van der Waals surface area contributed by atoms with Gasteiger partial charge in [-0.05, 0) is 30.5 Å². The minimum Gasteiger partial charge on any atom is -0.376 e. The number of carbonyl (C=O) groups is 2. The van der Waals surface area contributed by atoms with E-state index in [1.807, 2.05) is 48.5 Å². The molecule has 0 bridgehead atoms. The van der Waals surface area contributed by atoms with E-state index in [1.165, 1.54) is 0 Å². The smallest absolute Gasteiger partial charge is 0.313 e. The molecule has 2 aromatic carbocycles. The number of para-hydroxylation sites is 1. The molecule has 1 unspecified atom stereocenters. The summed E-state index contributed by atoms with van der Waals surface area (Å²) in [6, 6.07) is 18.7. The van der Waals surface area contributed by atoms with E-state index in [-0.39, 0.29) is 6.10 Å². The SMILES string of the molecule is O=C(Nc1ccccc1)C(=O)N(Cc1ccccc1)CC1CCCO1. The highest BCUT2D eigenvalue weighted by atomic mass is 16.5. The second kappa shape index (κ2) is 8.44. The van der Waals surface area contributed by atoms with Gasteiger partial charge >= 0.3 is 11.8 Å². The lowest BCUT2D eigenvalue weighted by atomic mass is 10.1. The van der Waals surface area contributed by atoms with Gasteiger partial charge in [0.05, 0.1) is 6.10 Å². The molecule has 130 valence electrons. The number of ether oxygens (including phenoxy) is 1. The van der Waals surface area contributed by atoms with Crippen molar-refractivity contribution in [2.24, 2.45) is 0 Å². The zero-order chi connectivity index (χ0) is 17.5. The lowest BCUT2D eigenvalue weighted by molar-refractivity contribution is -0.144. The summed E-state index contributed by atoms with van der Waals surface area (Å²) in [4.78, 5) is 26.6. The largest absolute Gasteiger partial charge is 0.376 e. The fraction of sp³-hybridized carbons (Fsp3) is 0.300. The van der Waals surface area contributed by atoms with Crippen molar-refractivity contribution in [3.05, 3.63) is 66.2 Å². The number of anilines is 1. The number of benzene rings is 2. The Bertz CT molecular complexity index is 697. The summed E-state index contributed by atoms with van der Waals surface area (Å²) in [5.74, 6) is -1.16. The van der Waals surface area contributed by atoms with Crippen molar-refractivity contribution in [1.29, 1.82) is 0 Å². The molecule has 1 heterocycles. The van der Waals surface area contributed by atoms with Gasteiger partial charge in [0.25, 0.3) is 0 Å². The van der Waals surface area contributed by atoms with Gasteiger partial charge in [0.2, 0.25) is 0 Å². The lowest BCUT2D eigenvalue weighted by Crippen LogP contribution is -2.43. The van der Waals surface area contributed by atoms with Crippen LogP contribution in [0.2, 0.25) is 0 Å². The Morgan fingerprint density at radius 2 is 1.72 bits per heavy atom. The summed E-state index contributed by atoms with van der Waals surface area (Å²) in [5.41, 5.74) is 1.60. The average molecular weight is 338 g/mol. The van der Waals surface area contributed by atoms with E-state index in [2.05, 4.69) is 5.32 Å². The molecule has 1 N–H and O–H groups in total. The zero-order valence-electron chi connectivity index (χ0n) is 14.1. The van der Waals surface area contributed by atoms with Crippen LogP contribution in [0.4, 0.5) is 5.69 Å². The molecule has 2 aromatic rings. The predicted molar refractivity (Wildman–Crippen MR) is 95.9 cm³/mol. The van der Waals surface area contributed by atoms with Crippen LogP contribution in [0.5, 0.6) is 0 Å². The monoisotopic (exact) mass is 338 g/mol. The topological polar surface area (TPSA) is 58.6 Å². The number of nitrogens with zero attached hydrogens (tertiary/aromatic N) is 1. The fourth-order valence-corrected chi connectivity index (χ4v) is 2.91. The Balaban J connectivity index is 1.70. The van der Waals surface area contributed by atoms with Gasteiger partial charge in [-0.25, -0.2) is 0 Å². The third-order valence-electron chi connectivity index (χ3n) is 4.18. The van der Waals surface area contributed by atoms with Crippen LogP contribution in [0.3, 0.4) is 0 Å². The highest BCUT2D eigenvalue weighted by molar-refractivity contribution is 6.39. The number of amides is 2. The first-order valence-corrected chi connectivity index (χ1v) is 8.53. The Hall–Kier alpha value is -2.66. The van der Waals surface area contributed by atoms with Crippen molar-refractivity contribution in [3.63, 3.8) is 0 Å². The molecule has 0 aromatic heterocycles. The highest BCUT2D eigenvalue weighted by Gasteiger charge is 2.27. The second-order valence-corrected chi connectivity index (χ2v) is 6.13. The standard InChI is InChI=1S/C20H22N2O3/c23-19(21-17-10-5-2-6-11-17)20(24)22(15-18-12-7-13-25-18)14-16-8-3-1-4-9-16/h1-6,8-11,18H,7,12-15H2,(H,21,23). The fourth-order valence-electron chi connectivity index (χ4n) is 2.91. The van der Waals surface area contributed by atoms with Crippen molar-refractivity contribution in [3.8, 4) is 0 Å². The Morgan fingerprint density at radius 3 is 2.36 bits per heavy atom. The molecular weight excluding hydrogens is 316 g/mol. The van der Waals surface area contributed by atoms with Gasteiger partial charge in [0.15, 0.2) is 0 Å². The Morgan fingerprint density at radius 1 is 1.04 bits per heavy atom. The molecule has 1 atom stereocenters. The maximum Gasteiger partial charge on any atom is 0.313 e. The van der Waals surface area contributed by atoms with Crippen LogP contribution in [0.15, 0.2) is 60.7 Å². The van der Waals surface area contributed by atoms with Gasteiger partial charge in [-0.3, -0.25) is 9.59 Å². The van der Waals surface area contributed by atoms with Crippen LogP contribution >= 0.6 is 0 Å². The van der Waals surface area contributed by atoms with E-state index in [0.29, 0.717) is 25.4 Å². The van der Waals surface area contributed by atoms with Crippen LogP contribution in [0, 0.1) is 0 Å². The van der Waals surface area contributed by atoms with Crippen LogP contribution in [-0.4, -0.2) is 36.0 Å². The highest BCUT2D eigenvalue weighted by Crippen LogP contribution is 2.16. The summed E-state index contributed by atoms with van der Waals surface area (Å²) in [6.07, 6.45) is 1.91. The van der Waals surface area contributed by atoms with Crippen molar-refractivity contribution < 1.29 is 14.3 Å². The van der Waals surface area contributed by atoms with Gasteiger partial charge in [-0.1, -0.05) is 48.5 Å². The molecule has 0 spiro atoms. The first kappa shape index (κ1) is 17.2. The summed E-state index contributed by atoms with van der Waals surface area (Å²) in [6.45, 7) is 1.53. The van der Waals surface area contributed by atoms with Gasteiger partial charge in [-0.2, -0.15) is 0 Å². The van der Waals surface area contributed by atoms with Crippen LogP contribution in [-0.2, 0) is 20.9 Å². The van der Waals surface area contributed by atoms with E-state index in [9.17, 15) is 9.59 Å². The zero-order valence-corrected chi connectivity index (χ0v) is 14.1. The molecule has 0 radical (unpaired) electrons. The molecule has 1 aliphatic rings. The van der Waals surface area contributed by atoms with Gasteiger partial charge < -0.3 is 15.0 Å². The van der Waals surface area contributed by atoms with Gasteiger partial charge in [0.1, 0.15) is 0 Å². The molecule has 1 aliphatic heterocycles. The Labute approximate surface area is 147 Å². The van der Waals surface area contributed by atoms with Gasteiger partial charge in [0, 0.05) is 25.4 Å². The van der Waals surface area contributed by atoms with E-state index in [1.54, 1.807) is 17.0 Å². The quantitative estimate of drug-likeness (QED) is 0.853. The summed E-state index contributed by atoms with van der Waals surface area (Å²) in [5, 5.41) is 2.66. The summed E-state index contributed by atoms with van der Waals surface area (Å²) >= 11 is 0. The molecule has 1 saturated heterocycles. The van der Waals surface area contributed by atoms with E-state index in [4.69, 9.17) is 4.74 Å². The van der Waals surface area contributed by atoms with Crippen LogP contribution < -0.4 is 5.32 Å². The number of carbonyl (C=O) groups excluding carboxylic acids is 2. The minimum absolute atomic E-state index is 0.00260. The maximum absolute atomic E-state index is 12.7. The first-order chi connectivity index (χ1) is 12.2. The van der Waals surface area contributed by atoms with Crippen molar-refractivity contribution in [1.82, 2.24) is 4.90 Å². The van der Waals surface area contributed by atoms with Crippen LogP contribution in [0.25, 0.3) is 0 Å². The Kier molecular flexibility index (Phi) is 5.80. The molecule has 5 nitrogen and oxygen atoms in total. The van der Waals surface area contributed by atoms with Crippen molar-refractivity contribution in [2.75, 3.05) is 18.5 Å². The van der Waals surface area contributed by atoms with Crippen molar-refractivity contribution >= 4 is 17.5 Å². The molecule has 3 rings (SSSR count).